The van der Waals surface area contributed by atoms with Crippen LogP contribution in [-0.4, -0.2) is 35.6 Å². The number of halogens is 2. The second kappa shape index (κ2) is 5.47. The van der Waals surface area contributed by atoms with E-state index in [0.29, 0.717) is 28.1 Å². The van der Waals surface area contributed by atoms with Gasteiger partial charge in [0.2, 0.25) is 0 Å². The lowest BCUT2D eigenvalue weighted by molar-refractivity contribution is 0.0265. The number of aliphatic hydroxyl groups excluding tert-OH is 1. The molecule has 98 valence electrons. The monoisotopic (exact) mass is 287 g/mol. The Kier molecular flexibility index (Phi) is 4.15. The third-order valence-corrected chi connectivity index (χ3v) is 3.81. The Hall–Kier alpha value is -0.770. The fourth-order valence-corrected chi connectivity index (χ4v) is 2.56. The smallest absolute Gasteiger partial charge is 0.255 e. The minimum absolute atomic E-state index is 0.135. The fourth-order valence-electron chi connectivity index (χ4n) is 2.19. The molecule has 1 aliphatic carbocycles. The summed E-state index contributed by atoms with van der Waals surface area (Å²) in [7, 11) is 1.74. The normalized spacial score (nSPS) is 22.4. The molecule has 1 aromatic carbocycles. The van der Waals surface area contributed by atoms with Crippen LogP contribution in [0.3, 0.4) is 0 Å². The van der Waals surface area contributed by atoms with Gasteiger partial charge in [-0.05, 0) is 37.0 Å². The van der Waals surface area contributed by atoms with Crippen molar-refractivity contribution >= 4 is 29.1 Å². The highest BCUT2D eigenvalue weighted by Gasteiger charge is 2.29. The van der Waals surface area contributed by atoms with Crippen LogP contribution in [0.4, 0.5) is 0 Å². The van der Waals surface area contributed by atoms with Crippen LogP contribution >= 0.6 is 23.2 Å². The Balaban J connectivity index is 2.03. The van der Waals surface area contributed by atoms with Crippen LogP contribution in [0.1, 0.15) is 23.2 Å². The first-order valence-corrected chi connectivity index (χ1v) is 6.61. The zero-order chi connectivity index (χ0) is 13.3. The van der Waals surface area contributed by atoms with Crippen molar-refractivity contribution in [3.05, 3.63) is 33.8 Å². The zero-order valence-corrected chi connectivity index (χ0v) is 11.6. The fraction of sp³-hybridized carbons (Fsp3) is 0.462. The number of carbonyl (C=O) groups is 1. The second-order valence-corrected chi connectivity index (χ2v) is 5.64. The molecule has 0 atom stereocenters. The maximum atomic E-state index is 12.2. The highest BCUT2D eigenvalue weighted by Crippen LogP contribution is 2.28. The molecule has 0 heterocycles. The first kappa shape index (κ1) is 13.7. The Morgan fingerprint density at radius 2 is 2.11 bits per heavy atom. The summed E-state index contributed by atoms with van der Waals surface area (Å²) in [6, 6.07) is 4.86. The second-order valence-electron chi connectivity index (χ2n) is 4.80. The van der Waals surface area contributed by atoms with E-state index in [2.05, 4.69) is 0 Å². The third-order valence-electron chi connectivity index (χ3n) is 3.25. The summed E-state index contributed by atoms with van der Waals surface area (Å²) in [4.78, 5) is 13.8. The average molecular weight is 288 g/mol. The topological polar surface area (TPSA) is 40.5 Å². The molecule has 2 rings (SSSR count). The highest BCUT2D eigenvalue weighted by molar-refractivity contribution is 6.35. The predicted molar refractivity (Wildman–Crippen MR) is 72.2 cm³/mol. The van der Waals surface area contributed by atoms with Gasteiger partial charge in [-0.2, -0.15) is 0 Å². The lowest BCUT2D eigenvalue weighted by Gasteiger charge is -2.34. The van der Waals surface area contributed by atoms with Crippen molar-refractivity contribution in [2.24, 2.45) is 5.92 Å². The number of carbonyl (C=O) groups excluding carboxylic acids is 1. The SMILES string of the molecule is CN(CC1CC(O)C1)C(=O)c1cc(Cl)ccc1Cl. The first-order valence-electron chi connectivity index (χ1n) is 5.86. The van der Waals surface area contributed by atoms with Crippen LogP contribution in [0.2, 0.25) is 10.0 Å². The van der Waals surface area contributed by atoms with Crippen LogP contribution in [-0.2, 0) is 0 Å². The summed E-state index contributed by atoms with van der Waals surface area (Å²) in [6.07, 6.45) is 1.33. The molecular weight excluding hydrogens is 273 g/mol. The molecule has 0 unspecified atom stereocenters. The molecule has 1 aliphatic rings. The molecule has 18 heavy (non-hydrogen) atoms. The van der Waals surface area contributed by atoms with Crippen molar-refractivity contribution in [3.63, 3.8) is 0 Å². The molecule has 5 heteroatoms. The largest absolute Gasteiger partial charge is 0.393 e. The van der Waals surface area contributed by atoms with Gasteiger partial charge in [-0.1, -0.05) is 23.2 Å². The van der Waals surface area contributed by atoms with Crippen molar-refractivity contribution in [3.8, 4) is 0 Å². The minimum Gasteiger partial charge on any atom is -0.393 e. The lowest BCUT2D eigenvalue weighted by atomic mass is 9.82. The molecule has 1 saturated carbocycles. The number of hydrogen-bond donors (Lipinski definition) is 1. The summed E-state index contributed by atoms with van der Waals surface area (Å²) in [6.45, 7) is 0.638. The van der Waals surface area contributed by atoms with Gasteiger partial charge in [0.05, 0.1) is 16.7 Å². The van der Waals surface area contributed by atoms with E-state index in [9.17, 15) is 9.90 Å². The summed E-state index contributed by atoms with van der Waals surface area (Å²) >= 11 is 11.9. The Bertz CT molecular complexity index is 458. The molecule has 3 nitrogen and oxygen atoms in total. The Morgan fingerprint density at radius 3 is 2.72 bits per heavy atom. The number of amides is 1. The van der Waals surface area contributed by atoms with Crippen LogP contribution in [0.25, 0.3) is 0 Å². The van der Waals surface area contributed by atoms with E-state index in [-0.39, 0.29) is 12.0 Å². The number of aliphatic hydroxyl groups is 1. The minimum atomic E-state index is -0.201. The van der Waals surface area contributed by atoms with Crippen LogP contribution in [0.5, 0.6) is 0 Å². The molecule has 1 fully saturated rings. The number of benzene rings is 1. The third kappa shape index (κ3) is 2.97. The molecule has 1 aromatic rings. The summed E-state index contributed by atoms with van der Waals surface area (Å²) < 4.78 is 0. The quantitative estimate of drug-likeness (QED) is 0.929. The molecule has 0 radical (unpaired) electrons. The van der Waals surface area contributed by atoms with E-state index in [4.69, 9.17) is 23.2 Å². The van der Waals surface area contributed by atoms with Crippen LogP contribution in [0.15, 0.2) is 18.2 Å². The van der Waals surface area contributed by atoms with Gasteiger partial charge in [-0.25, -0.2) is 0 Å². The summed E-state index contributed by atoms with van der Waals surface area (Å²) in [5.41, 5.74) is 0.423. The van der Waals surface area contributed by atoms with Gasteiger partial charge in [0.15, 0.2) is 0 Å². The van der Waals surface area contributed by atoms with Crippen LogP contribution < -0.4 is 0 Å². The van der Waals surface area contributed by atoms with Gasteiger partial charge in [-0.15, -0.1) is 0 Å². The van der Waals surface area contributed by atoms with E-state index in [1.807, 2.05) is 0 Å². The lowest BCUT2D eigenvalue weighted by Crippen LogP contribution is -2.39. The molecule has 0 aliphatic heterocycles. The molecule has 0 aromatic heterocycles. The average Bonchev–Trinajstić information content (AvgIpc) is 2.29. The van der Waals surface area contributed by atoms with Crippen molar-refractivity contribution < 1.29 is 9.90 Å². The maximum absolute atomic E-state index is 12.2. The van der Waals surface area contributed by atoms with Gasteiger partial charge < -0.3 is 10.0 Å². The van der Waals surface area contributed by atoms with E-state index in [1.165, 1.54) is 0 Å². The zero-order valence-electron chi connectivity index (χ0n) is 10.1. The van der Waals surface area contributed by atoms with Crippen molar-refractivity contribution in [1.82, 2.24) is 4.90 Å². The molecule has 0 bridgehead atoms. The first-order chi connectivity index (χ1) is 8.47. The van der Waals surface area contributed by atoms with E-state index in [0.717, 1.165) is 12.8 Å². The van der Waals surface area contributed by atoms with Gasteiger partial charge in [0, 0.05) is 18.6 Å². The van der Waals surface area contributed by atoms with Gasteiger partial charge in [-0.3, -0.25) is 4.79 Å². The predicted octanol–water partition coefficient (Wildman–Crippen LogP) is 2.84. The number of nitrogens with zero attached hydrogens (tertiary/aromatic N) is 1. The van der Waals surface area contributed by atoms with Crippen molar-refractivity contribution in [1.29, 1.82) is 0 Å². The van der Waals surface area contributed by atoms with E-state index in [1.54, 1.807) is 30.1 Å². The van der Waals surface area contributed by atoms with E-state index < -0.39 is 0 Å². The molecule has 1 N–H and O–H groups in total. The van der Waals surface area contributed by atoms with Gasteiger partial charge >= 0.3 is 0 Å². The Labute approximate surface area is 116 Å². The van der Waals surface area contributed by atoms with Crippen LogP contribution in [0, 0.1) is 5.92 Å². The molecule has 0 saturated heterocycles. The highest BCUT2D eigenvalue weighted by atomic mass is 35.5. The maximum Gasteiger partial charge on any atom is 0.255 e. The summed E-state index contributed by atoms with van der Waals surface area (Å²) in [5, 5.41) is 10.1. The molecule has 0 spiro atoms. The standard InChI is InChI=1S/C13H15Cl2NO2/c1-16(7-8-4-10(17)5-8)13(18)11-6-9(14)2-3-12(11)15/h2-3,6,8,10,17H,4-5,7H2,1H3. The number of rotatable bonds is 3. The summed E-state index contributed by atoms with van der Waals surface area (Å²) in [5.74, 6) is 0.246. The molecule has 1 amide bonds. The Morgan fingerprint density at radius 1 is 1.44 bits per heavy atom. The van der Waals surface area contributed by atoms with Gasteiger partial charge in [0.25, 0.3) is 5.91 Å². The van der Waals surface area contributed by atoms with E-state index >= 15 is 0 Å². The van der Waals surface area contributed by atoms with Gasteiger partial charge in [0.1, 0.15) is 0 Å². The van der Waals surface area contributed by atoms with Crippen molar-refractivity contribution in [2.75, 3.05) is 13.6 Å². The molecular formula is C13H15Cl2NO2. The van der Waals surface area contributed by atoms with Crippen molar-refractivity contribution in [2.45, 2.75) is 18.9 Å². The number of hydrogen-bond acceptors (Lipinski definition) is 2.